The summed E-state index contributed by atoms with van der Waals surface area (Å²) in [6.07, 6.45) is 8.23. The Morgan fingerprint density at radius 3 is 2.59 bits per heavy atom. The molecule has 1 saturated heterocycles. The minimum atomic E-state index is -0.937. The van der Waals surface area contributed by atoms with Gasteiger partial charge in [-0.15, -0.1) is 0 Å². The second-order valence-corrected chi connectivity index (χ2v) is 7.72. The number of nitrogens with zero attached hydrogens (tertiary/aromatic N) is 1. The molecule has 27 heavy (non-hydrogen) atoms. The lowest BCUT2D eigenvalue weighted by Crippen LogP contribution is -2.33. The molecule has 1 aliphatic rings. The van der Waals surface area contributed by atoms with Crippen molar-refractivity contribution in [2.75, 3.05) is 6.54 Å². The van der Waals surface area contributed by atoms with Crippen molar-refractivity contribution in [3.8, 4) is 0 Å². The number of carboxylic acids is 1. The second kappa shape index (κ2) is 10.3. The van der Waals surface area contributed by atoms with E-state index in [4.69, 9.17) is 5.11 Å². The molecule has 2 N–H and O–H groups in total. The van der Waals surface area contributed by atoms with Gasteiger partial charge in [0.2, 0.25) is 5.91 Å². The van der Waals surface area contributed by atoms with Crippen molar-refractivity contribution in [2.45, 2.75) is 64.5 Å². The van der Waals surface area contributed by atoms with Gasteiger partial charge in [0.15, 0.2) is 0 Å². The molecule has 1 amide bonds. The fourth-order valence-corrected chi connectivity index (χ4v) is 3.40. The van der Waals surface area contributed by atoms with E-state index in [0.29, 0.717) is 25.3 Å². The molecule has 0 spiro atoms. The van der Waals surface area contributed by atoms with Crippen LogP contribution in [0.3, 0.4) is 0 Å². The maximum Gasteiger partial charge on any atom is 0.335 e. The van der Waals surface area contributed by atoms with Crippen molar-refractivity contribution in [3.63, 3.8) is 0 Å². The summed E-state index contributed by atoms with van der Waals surface area (Å²) in [6, 6.07) is 6.82. The Labute approximate surface area is 161 Å². The van der Waals surface area contributed by atoms with E-state index in [0.717, 1.165) is 31.2 Å². The summed E-state index contributed by atoms with van der Waals surface area (Å²) >= 11 is 0. The summed E-state index contributed by atoms with van der Waals surface area (Å²) < 4.78 is 0. The van der Waals surface area contributed by atoms with Gasteiger partial charge in [-0.1, -0.05) is 51.0 Å². The van der Waals surface area contributed by atoms with Gasteiger partial charge in [0.1, 0.15) is 0 Å². The standard InChI is InChI=1S/C22H31NO4/c1-16(2)4-3-5-20(24)12-10-19-11-13-21(25)23(19)15-14-17-6-8-18(9-7-17)22(26)27/h6-10,12,16,19-20,24H,3-5,11,13-15H2,1-2H3,(H,26,27)/b12-10+/t19-,20-/m0/s1. The van der Waals surface area contributed by atoms with Crippen LogP contribution in [-0.4, -0.2) is 45.7 Å². The van der Waals surface area contributed by atoms with Crippen molar-refractivity contribution >= 4 is 11.9 Å². The number of hydrogen-bond acceptors (Lipinski definition) is 3. The molecule has 0 radical (unpaired) electrons. The molecule has 0 aliphatic carbocycles. The zero-order chi connectivity index (χ0) is 19.8. The molecule has 1 heterocycles. The molecule has 2 atom stereocenters. The summed E-state index contributed by atoms with van der Waals surface area (Å²) in [5, 5.41) is 19.1. The van der Waals surface area contributed by atoms with Crippen LogP contribution >= 0.6 is 0 Å². The molecule has 1 aromatic carbocycles. The molecule has 148 valence electrons. The quantitative estimate of drug-likeness (QED) is 0.614. The molecule has 0 bridgehead atoms. The maximum atomic E-state index is 12.2. The van der Waals surface area contributed by atoms with E-state index in [-0.39, 0.29) is 17.5 Å². The van der Waals surface area contributed by atoms with E-state index in [1.807, 2.05) is 17.1 Å². The van der Waals surface area contributed by atoms with E-state index in [9.17, 15) is 14.7 Å². The van der Waals surface area contributed by atoms with E-state index in [2.05, 4.69) is 13.8 Å². The van der Waals surface area contributed by atoms with Gasteiger partial charge in [-0.05, 0) is 42.9 Å². The van der Waals surface area contributed by atoms with Gasteiger partial charge >= 0.3 is 5.97 Å². The fourth-order valence-electron chi connectivity index (χ4n) is 3.40. The minimum absolute atomic E-state index is 0.0375. The van der Waals surface area contributed by atoms with E-state index >= 15 is 0 Å². The van der Waals surface area contributed by atoms with E-state index in [1.54, 1.807) is 24.3 Å². The van der Waals surface area contributed by atoms with Gasteiger partial charge < -0.3 is 15.1 Å². The zero-order valence-corrected chi connectivity index (χ0v) is 16.3. The average molecular weight is 373 g/mol. The lowest BCUT2D eigenvalue weighted by atomic mass is 10.0. The lowest BCUT2D eigenvalue weighted by molar-refractivity contribution is -0.128. The van der Waals surface area contributed by atoms with Crippen molar-refractivity contribution < 1.29 is 19.8 Å². The Morgan fingerprint density at radius 2 is 1.96 bits per heavy atom. The first-order chi connectivity index (χ1) is 12.9. The van der Waals surface area contributed by atoms with Gasteiger partial charge in [0, 0.05) is 13.0 Å². The van der Waals surface area contributed by atoms with Crippen LogP contribution in [0.5, 0.6) is 0 Å². The normalized spacial score (nSPS) is 18.6. The topological polar surface area (TPSA) is 77.8 Å². The number of likely N-dealkylation sites (tertiary alicyclic amines) is 1. The number of carbonyl (C=O) groups excluding carboxylic acids is 1. The van der Waals surface area contributed by atoms with Crippen LogP contribution in [0.1, 0.15) is 61.9 Å². The Balaban J connectivity index is 1.86. The monoisotopic (exact) mass is 373 g/mol. The summed E-state index contributed by atoms with van der Waals surface area (Å²) in [6.45, 7) is 4.96. The average Bonchev–Trinajstić information content (AvgIpc) is 2.98. The number of aromatic carboxylic acids is 1. The van der Waals surface area contributed by atoms with Crippen LogP contribution in [0.2, 0.25) is 0 Å². The van der Waals surface area contributed by atoms with Crippen molar-refractivity contribution in [3.05, 3.63) is 47.5 Å². The molecule has 5 nitrogen and oxygen atoms in total. The largest absolute Gasteiger partial charge is 0.478 e. The van der Waals surface area contributed by atoms with Gasteiger partial charge in [0.25, 0.3) is 0 Å². The van der Waals surface area contributed by atoms with Crippen molar-refractivity contribution in [1.82, 2.24) is 4.90 Å². The van der Waals surface area contributed by atoms with Crippen LogP contribution in [0.15, 0.2) is 36.4 Å². The van der Waals surface area contributed by atoms with Crippen molar-refractivity contribution in [1.29, 1.82) is 0 Å². The molecular formula is C22H31NO4. The zero-order valence-electron chi connectivity index (χ0n) is 16.3. The molecule has 0 unspecified atom stereocenters. The number of carbonyl (C=O) groups is 2. The smallest absolute Gasteiger partial charge is 0.335 e. The molecule has 1 fully saturated rings. The summed E-state index contributed by atoms with van der Waals surface area (Å²) in [5.41, 5.74) is 1.28. The molecular weight excluding hydrogens is 342 g/mol. The third kappa shape index (κ3) is 6.83. The van der Waals surface area contributed by atoms with Crippen LogP contribution < -0.4 is 0 Å². The van der Waals surface area contributed by atoms with Crippen LogP contribution in [0.25, 0.3) is 0 Å². The summed E-state index contributed by atoms with van der Waals surface area (Å²) in [4.78, 5) is 25.0. The molecule has 1 aliphatic heterocycles. The summed E-state index contributed by atoms with van der Waals surface area (Å²) in [5.74, 6) is -0.150. The van der Waals surface area contributed by atoms with Crippen LogP contribution in [0.4, 0.5) is 0 Å². The maximum absolute atomic E-state index is 12.2. The predicted octanol–water partition coefficient (Wildman–Crippen LogP) is 3.66. The fraction of sp³-hybridized carbons (Fsp3) is 0.545. The number of amides is 1. The van der Waals surface area contributed by atoms with Crippen molar-refractivity contribution in [2.24, 2.45) is 5.92 Å². The van der Waals surface area contributed by atoms with E-state index in [1.165, 1.54) is 0 Å². The lowest BCUT2D eigenvalue weighted by Gasteiger charge is -2.23. The highest BCUT2D eigenvalue weighted by atomic mass is 16.4. The van der Waals surface area contributed by atoms with Crippen LogP contribution in [0, 0.1) is 5.92 Å². The first-order valence-corrected chi connectivity index (χ1v) is 9.85. The molecule has 1 aromatic rings. The number of aliphatic hydroxyl groups is 1. The summed E-state index contributed by atoms with van der Waals surface area (Å²) in [7, 11) is 0. The number of aliphatic hydroxyl groups excluding tert-OH is 1. The van der Waals surface area contributed by atoms with Gasteiger partial charge in [-0.25, -0.2) is 4.79 Å². The highest BCUT2D eigenvalue weighted by Crippen LogP contribution is 2.21. The third-order valence-corrected chi connectivity index (χ3v) is 5.05. The highest BCUT2D eigenvalue weighted by molar-refractivity contribution is 5.87. The van der Waals surface area contributed by atoms with Gasteiger partial charge in [-0.2, -0.15) is 0 Å². The minimum Gasteiger partial charge on any atom is -0.478 e. The molecule has 2 rings (SSSR count). The molecule has 5 heteroatoms. The number of benzene rings is 1. The van der Waals surface area contributed by atoms with Gasteiger partial charge in [-0.3, -0.25) is 4.79 Å². The Morgan fingerprint density at radius 1 is 1.26 bits per heavy atom. The number of rotatable bonds is 10. The SMILES string of the molecule is CC(C)CCC[C@H](O)/C=C/[C@H]1CCC(=O)N1CCc1ccc(C(=O)O)cc1. The first kappa shape index (κ1) is 21.2. The van der Waals surface area contributed by atoms with E-state index < -0.39 is 12.1 Å². The molecule has 0 saturated carbocycles. The highest BCUT2D eigenvalue weighted by Gasteiger charge is 2.28. The number of carboxylic acid groups (broad SMARTS) is 1. The third-order valence-electron chi connectivity index (χ3n) is 5.05. The number of hydrogen-bond donors (Lipinski definition) is 2. The predicted molar refractivity (Wildman–Crippen MR) is 106 cm³/mol. The molecule has 0 aromatic heterocycles. The Kier molecular flexibility index (Phi) is 8.04. The Hall–Kier alpha value is -2.14. The van der Waals surface area contributed by atoms with Gasteiger partial charge in [0.05, 0.1) is 17.7 Å². The van der Waals surface area contributed by atoms with Crippen LogP contribution in [-0.2, 0) is 11.2 Å². The second-order valence-electron chi connectivity index (χ2n) is 7.72. The first-order valence-electron chi connectivity index (χ1n) is 9.85. The Bertz CT molecular complexity index is 651.